The maximum absolute atomic E-state index is 12.2. The molecule has 0 aliphatic carbocycles. The fourth-order valence-electron chi connectivity index (χ4n) is 0.961. The number of alkyl halides is 5. The summed E-state index contributed by atoms with van der Waals surface area (Å²) in [6, 6.07) is 0. The molecule has 0 aromatic carbocycles. The van der Waals surface area contributed by atoms with Crippen LogP contribution in [0.2, 0.25) is 5.02 Å². The van der Waals surface area contributed by atoms with E-state index in [2.05, 4.69) is 9.84 Å². The highest BCUT2D eigenvalue weighted by molar-refractivity contribution is 6.31. The lowest BCUT2D eigenvalue weighted by Crippen LogP contribution is -2.11. The fraction of sp³-hybridized carbons (Fsp3) is 0.625. The molecule has 0 aliphatic heterocycles. The predicted molar refractivity (Wildman–Crippen MR) is 48.8 cm³/mol. The number of hydrogen-bond donors (Lipinski definition) is 0. The minimum Gasteiger partial charge on any atom is -0.375 e. The Bertz CT molecular complexity index is 365. The molecule has 0 spiro atoms. The Morgan fingerprint density at radius 3 is 2.53 bits per heavy atom. The van der Waals surface area contributed by atoms with E-state index in [4.69, 9.17) is 11.6 Å². The molecule has 0 saturated carbocycles. The lowest BCUT2D eigenvalue weighted by Gasteiger charge is -2.06. The van der Waals surface area contributed by atoms with Crippen molar-refractivity contribution in [2.45, 2.75) is 25.8 Å². The van der Waals surface area contributed by atoms with E-state index in [9.17, 15) is 22.0 Å². The van der Waals surface area contributed by atoms with Gasteiger partial charge in [-0.3, -0.25) is 0 Å². The van der Waals surface area contributed by atoms with Gasteiger partial charge in [0.2, 0.25) is 0 Å². The Morgan fingerprint density at radius 2 is 2.06 bits per heavy atom. The molecular formula is C8H8ClF5N2O. The summed E-state index contributed by atoms with van der Waals surface area (Å²) in [6.45, 7) is -3.76. The second kappa shape index (κ2) is 5.63. The Balaban J connectivity index is 2.42. The van der Waals surface area contributed by atoms with Crippen molar-refractivity contribution >= 4 is 11.6 Å². The Morgan fingerprint density at radius 1 is 1.41 bits per heavy atom. The summed E-state index contributed by atoms with van der Waals surface area (Å²) in [5.74, 6) is 0. The summed E-state index contributed by atoms with van der Waals surface area (Å²) in [5.41, 5.74) is -0.0193. The number of halogens is 6. The van der Waals surface area contributed by atoms with Gasteiger partial charge in [-0.05, 0) is 0 Å². The maximum atomic E-state index is 12.2. The topological polar surface area (TPSA) is 27.1 Å². The van der Waals surface area contributed by atoms with Gasteiger partial charge >= 0.3 is 12.7 Å². The van der Waals surface area contributed by atoms with Gasteiger partial charge in [-0.1, -0.05) is 11.6 Å². The molecule has 1 heterocycles. The zero-order chi connectivity index (χ0) is 13.1. The summed E-state index contributed by atoms with van der Waals surface area (Å²) in [4.78, 5) is 0. The average molecular weight is 279 g/mol. The lowest BCUT2D eigenvalue weighted by atomic mass is 10.4. The van der Waals surface area contributed by atoms with Crippen LogP contribution in [0.3, 0.4) is 0 Å². The van der Waals surface area contributed by atoms with E-state index in [1.165, 1.54) is 0 Å². The van der Waals surface area contributed by atoms with Crippen LogP contribution in [-0.4, -0.2) is 22.6 Å². The van der Waals surface area contributed by atoms with E-state index in [-0.39, 0.29) is 17.3 Å². The molecule has 0 fully saturated rings. The molecule has 17 heavy (non-hydrogen) atoms. The van der Waals surface area contributed by atoms with Crippen molar-refractivity contribution in [2.24, 2.45) is 0 Å². The lowest BCUT2D eigenvalue weighted by molar-refractivity contribution is -0.146. The van der Waals surface area contributed by atoms with Crippen molar-refractivity contribution in [2.75, 3.05) is 6.61 Å². The van der Waals surface area contributed by atoms with Crippen LogP contribution in [0.25, 0.3) is 0 Å². The highest BCUT2D eigenvalue weighted by Crippen LogP contribution is 2.21. The molecule has 0 bridgehead atoms. The van der Waals surface area contributed by atoms with Crippen LogP contribution in [0.15, 0.2) is 6.20 Å². The van der Waals surface area contributed by atoms with Gasteiger partial charge in [0.25, 0.3) is 0 Å². The minimum absolute atomic E-state index is 0.0193. The van der Waals surface area contributed by atoms with Crippen molar-refractivity contribution in [3.05, 3.63) is 16.9 Å². The molecule has 9 heteroatoms. The van der Waals surface area contributed by atoms with Gasteiger partial charge in [0.1, 0.15) is 5.69 Å². The molecular weight excluding hydrogens is 271 g/mol. The highest BCUT2D eigenvalue weighted by Gasteiger charge is 2.26. The van der Waals surface area contributed by atoms with Crippen LogP contribution in [0.5, 0.6) is 0 Å². The first kappa shape index (κ1) is 14.2. The first-order chi connectivity index (χ1) is 7.79. The molecule has 0 aliphatic rings. The van der Waals surface area contributed by atoms with E-state index >= 15 is 0 Å². The Labute approximate surface area is 98.1 Å². The van der Waals surface area contributed by atoms with Crippen LogP contribution in [0.1, 0.15) is 18.7 Å². The van der Waals surface area contributed by atoms with Gasteiger partial charge in [-0.15, -0.1) is 0 Å². The Hall–Kier alpha value is -0.890. The van der Waals surface area contributed by atoms with Gasteiger partial charge in [0.15, 0.2) is 0 Å². The maximum Gasteiger partial charge on any atom is 0.391 e. The molecule has 0 saturated heterocycles. The van der Waals surface area contributed by atoms with E-state index in [0.717, 1.165) is 6.20 Å². The molecule has 0 N–H and O–H groups in total. The minimum atomic E-state index is -4.31. The monoisotopic (exact) mass is 278 g/mol. The van der Waals surface area contributed by atoms with Gasteiger partial charge in [0.05, 0.1) is 24.7 Å². The van der Waals surface area contributed by atoms with Crippen molar-refractivity contribution in [1.29, 1.82) is 0 Å². The van der Waals surface area contributed by atoms with E-state index in [1.54, 1.807) is 0 Å². The fourth-order valence-corrected chi connectivity index (χ4v) is 1.15. The molecule has 1 aromatic heterocycles. The SMILES string of the molecule is FC(F)n1cc(Cl)c(COCCC(F)(F)F)n1. The van der Waals surface area contributed by atoms with Gasteiger partial charge < -0.3 is 4.74 Å². The van der Waals surface area contributed by atoms with Crippen LogP contribution in [0.4, 0.5) is 22.0 Å². The van der Waals surface area contributed by atoms with Gasteiger partial charge in [0, 0.05) is 6.20 Å². The third-order valence-corrected chi connectivity index (χ3v) is 2.04. The third kappa shape index (κ3) is 4.86. The summed E-state index contributed by atoms with van der Waals surface area (Å²) in [7, 11) is 0. The van der Waals surface area contributed by atoms with Gasteiger partial charge in [-0.2, -0.15) is 27.1 Å². The second-order valence-corrected chi connectivity index (χ2v) is 3.51. The summed E-state index contributed by atoms with van der Waals surface area (Å²) < 4.78 is 64.5. The summed E-state index contributed by atoms with van der Waals surface area (Å²) >= 11 is 5.54. The van der Waals surface area contributed by atoms with Crippen molar-refractivity contribution in [1.82, 2.24) is 9.78 Å². The normalized spacial score (nSPS) is 12.4. The largest absolute Gasteiger partial charge is 0.391 e. The molecule has 98 valence electrons. The highest BCUT2D eigenvalue weighted by atomic mass is 35.5. The van der Waals surface area contributed by atoms with Gasteiger partial charge in [-0.25, -0.2) is 4.68 Å². The molecule has 0 atom stereocenters. The molecule has 1 aromatic rings. The number of nitrogens with zero attached hydrogens (tertiary/aromatic N) is 2. The first-order valence-corrected chi connectivity index (χ1v) is 4.83. The van der Waals surface area contributed by atoms with Crippen molar-refractivity contribution in [3.8, 4) is 0 Å². The predicted octanol–water partition coefficient (Wildman–Crippen LogP) is 3.40. The van der Waals surface area contributed by atoms with E-state index in [1.807, 2.05) is 0 Å². The van der Waals surface area contributed by atoms with Crippen molar-refractivity contribution in [3.63, 3.8) is 0 Å². The Kier molecular flexibility index (Phi) is 4.70. The second-order valence-electron chi connectivity index (χ2n) is 3.10. The smallest absolute Gasteiger partial charge is 0.375 e. The van der Waals surface area contributed by atoms with E-state index < -0.39 is 25.8 Å². The van der Waals surface area contributed by atoms with Crippen LogP contribution in [0, 0.1) is 0 Å². The first-order valence-electron chi connectivity index (χ1n) is 4.46. The number of rotatable bonds is 5. The third-order valence-electron chi connectivity index (χ3n) is 1.73. The molecule has 0 amide bonds. The summed E-state index contributed by atoms with van der Waals surface area (Å²) in [6.07, 6.45) is -4.54. The zero-order valence-corrected chi connectivity index (χ0v) is 9.10. The molecule has 0 unspecified atom stereocenters. The number of aromatic nitrogens is 2. The van der Waals surface area contributed by atoms with Crippen LogP contribution >= 0.6 is 11.6 Å². The summed E-state index contributed by atoms with van der Waals surface area (Å²) in [5, 5.41) is 3.30. The van der Waals surface area contributed by atoms with Crippen LogP contribution in [-0.2, 0) is 11.3 Å². The average Bonchev–Trinajstić information content (AvgIpc) is 2.54. The molecule has 0 radical (unpaired) electrons. The standard InChI is InChI=1S/C8H8ClF5N2O/c9-5-3-16(7(10)11)15-6(5)4-17-2-1-8(12,13)14/h3,7H,1-2,4H2. The van der Waals surface area contributed by atoms with Crippen molar-refractivity contribution < 1.29 is 26.7 Å². The number of hydrogen-bond acceptors (Lipinski definition) is 2. The number of ether oxygens (including phenoxy) is 1. The molecule has 1 rings (SSSR count). The molecule has 3 nitrogen and oxygen atoms in total. The van der Waals surface area contributed by atoms with Crippen LogP contribution < -0.4 is 0 Å². The quantitative estimate of drug-likeness (QED) is 0.610. The van der Waals surface area contributed by atoms with E-state index in [0.29, 0.717) is 4.68 Å². The zero-order valence-electron chi connectivity index (χ0n) is 8.35.